The van der Waals surface area contributed by atoms with Gasteiger partial charge in [-0.3, -0.25) is 4.79 Å². The Morgan fingerprint density at radius 1 is 1.12 bits per heavy atom. The van der Waals surface area contributed by atoms with Gasteiger partial charge in [0, 0.05) is 42.8 Å². The predicted octanol–water partition coefficient (Wildman–Crippen LogP) is 5.98. The summed E-state index contributed by atoms with van der Waals surface area (Å²) in [4.78, 5) is 27.5. The molecule has 0 atom stereocenters. The van der Waals surface area contributed by atoms with Crippen molar-refractivity contribution in [3.63, 3.8) is 0 Å². The maximum absolute atomic E-state index is 12.7. The summed E-state index contributed by atoms with van der Waals surface area (Å²) >= 11 is 2.71. The van der Waals surface area contributed by atoms with E-state index in [1.165, 1.54) is 35.2 Å². The van der Waals surface area contributed by atoms with Crippen molar-refractivity contribution >= 4 is 47.4 Å². The molecule has 0 amide bonds. The van der Waals surface area contributed by atoms with Crippen molar-refractivity contribution in [1.29, 1.82) is 0 Å². The minimum Gasteiger partial charge on any atom is -0.480 e. The maximum Gasteiger partial charge on any atom is 0.416 e. The highest BCUT2D eigenvalue weighted by Crippen LogP contribution is 2.37. The summed E-state index contributed by atoms with van der Waals surface area (Å²) in [7, 11) is 1.85. The summed E-state index contributed by atoms with van der Waals surface area (Å²) in [5, 5.41) is 9.31. The van der Waals surface area contributed by atoms with E-state index in [0.717, 1.165) is 27.0 Å². The van der Waals surface area contributed by atoms with Crippen LogP contribution in [0.3, 0.4) is 0 Å². The Bertz CT molecular complexity index is 1120. The van der Waals surface area contributed by atoms with Gasteiger partial charge in [-0.15, -0.1) is 23.7 Å². The molecule has 0 unspecified atom stereocenters. The van der Waals surface area contributed by atoms with Gasteiger partial charge in [0.1, 0.15) is 4.75 Å². The lowest BCUT2D eigenvalue weighted by molar-refractivity contribution is -0.139. The Labute approximate surface area is 210 Å². The number of carbonyl (C=O) groups is 1. The number of aromatic nitrogens is 3. The second kappa shape index (κ2) is 10.9. The van der Waals surface area contributed by atoms with Crippen LogP contribution in [0.2, 0.25) is 0 Å². The molecule has 6 nitrogen and oxygen atoms in total. The van der Waals surface area contributed by atoms with E-state index >= 15 is 0 Å². The lowest BCUT2D eigenvalue weighted by Gasteiger charge is -2.17. The molecule has 0 radical (unpaired) electrons. The standard InChI is InChI=1S/C22H23F3N4O2S2.ClH/c1-13-17(32-20(28-13)33-21(2,3)18(30)31)9-10-29(4)19-26-11-15(12-27-19)14-5-7-16(8-6-14)22(23,24)25;/h5-8,11-12H,9-10H2,1-4H3,(H,30,31);1H. The van der Waals surface area contributed by atoms with E-state index in [4.69, 9.17) is 0 Å². The molecule has 0 saturated carbocycles. The van der Waals surface area contributed by atoms with Crippen LogP contribution in [-0.2, 0) is 17.4 Å². The Hall–Kier alpha value is -2.37. The normalized spacial score (nSPS) is 11.7. The van der Waals surface area contributed by atoms with Crippen molar-refractivity contribution in [2.75, 3.05) is 18.5 Å². The molecule has 2 heterocycles. The molecular formula is C22H24ClF3N4O2S2. The molecule has 3 aromatic rings. The second-order valence-electron chi connectivity index (χ2n) is 7.92. The van der Waals surface area contributed by atoms with E-state index < -0.39 is 22.5 Å². The zero-order valence-electron chi connectivity index (χ0n) is 18.9. The Morgan fingerprint density at radius 3 is 2.24 bits per heavy atom. The van der Waals surface area contributed by atoms with Crippen LogP contribution in [0.25, 0.3) is 11.1 Å². The van der Waals surface area contributed by atoms with Gasteiger partial charge in [-0.25, -0.2) is 15.0 Å². The SMILES string of the molecule is Cc1nc(SC(C)(C)C(=O)O)sc1CCN(C)c1ncc(-c2ccc(C(F)(F)F)cc2)cn1.Cl. The first-order valence-electron chi connectivity index (χ1n) is 9.96. The van der Waals surface area contributed by atoms with Crippen LogP contribution in [0.1, 0.15) is 30.0 Å². The van der Waals surface area contributed by atoms with E-state index in [-0.39, 0.29) is 12.4 Å². The summed E-state index contributed by atoms with van der Waals surface area (Å²) in [5.41, 5.74) is 1.40. The van der Waals surface area contributed by atoms with E-state index in [0.29, 0.717) is 30.0 Å². The number of rotatable bonds is 8. The number of aryl methyl sites for hydroxylation is 1. The van der Waals surface area contributed by atoms with Crippen molar-refractivity contribution in [3.05, 3.63) is 52.8 Å². The van der Waals surface area contributed by atoms with Gasteiger partial charge >= 0.3 is 12.1 Å². The van der Waals surface area contributed by atoms with Gasteiger partial charge in [0.15, 0.2) is 4.34 Å². The number of hydrogen-bond acceptors (Lipinski definition) is 7. The van der Waals surface area contributed by atoms with E-state index in [1.54, 1.807) is 26.2 Å². The molecule has 0 aliphatic rings. The van der Waals surface area contributed by atoms with Gasteiger partial charge in [-0.1, -0.05) is 23.9 Å². The van der Waals surface area contributed by atoms with Gasteiger partial charge in [-0.2, -0.15) is 13.2 Å². The molecular weight excluding hydrogens is 509 g/mol. The molecule has 34 heavy (non-hydrogen) atoms. The third-order valence-corrected chi connectivity index (χ3v) is 7.39. The number of alkyl halides is 3. The predicted molar refractivity (Wildman–Crippen MR) is 131 cm³/mol. The highest BCUT2D eigenvalue weighted by atomic mass is 35.5. The van der Waals surface area contributed by atoms with Crippen LogP contribution in [-0.4, -0.2) is 44.4 Å². The lowest BCUT2D eigenvalue weighted by atomic mass is 10.1. The zero-order valence-corrected chi connectivity index (χ0v) is 21.3. The fraction of sp³-hybridized carbons (Fsp3) is 0.364. The number of carboxylic acids is 1. The van der Waals surface area contributed by atoms with Crippen LogP contribution in [0.15, 0.2) is 41.0 Å². The molecule has 0 spiro atoms. The number of thioether (sulfide) groups is 1. The molecule has 12 heteroatoms. The van der Waals surface area contributed by atoms with Crippen molar-refractivity contribution in [1.82, 2.24) is 15.0 Å². The summed E-state index contributed by atoms with van der Waals surface area (Å²) in [5.74, 6) is -0.395. The number of hydrogen-bond donors (Lipinski definition) is 1. The first-order chi connectivity index (χ1) is 15.4. The van der Waals surface area contributed by atoms with Crippen molar-refractivity contribution < 1.29 is 23.1 Å². The average molecular weight is 533 g/mol. The molecule has 0 bridgehead atoms. The number of anilines is 1. The number of aliphatic carboxylic acids is 1. The quantitative estimate of drug-likeness (QED) is 0.357. The summed E-state index contributed by atoms with van der Waals surface area (Å²) in [6.07, 6.45) is -0.508. The fourth-order valence-electron chi connectivity index (χ4n) is 2.83. The molecule has 0 aliphatic carbocycles. The lowest BCUT2D eigenvalue weighted by Crippen LogP contribution is -2.26. The van der Waals surface area contributed by atoms with Gasteiger partial charge < -0.3 is 10.0 Å². The second-order valence-corrected chi connectivity index (χ2v) is 10.9. The van der Waals surface area contributed by atoms with E-state index in [9.17, 15) is 23.1 Å². The maximum atomic E-state index is 12.7. The summed E-state index contributed by atoms with van der Waals surface area (Å²) in [6.45, 7) is 5.82. The molecule has 0 saturated heterocycles. The van der Waals surface area contributed by atoms with Crippen molar-refractivity contribution in [3.8, 4) is 11.1 Å². The Balaban J connectivity index is 0.00000408. The van der Waals surface area contributed by atoms with Gasteiger partial charge in [-0.05, 0) is 38.5 Å². The van der Waals surface area contributed by atoms with Crippen LogP contribution in [0.4, 0.5) is 19.1 Å². The topological polar surface area (TPSA) is 79.2 Å². The summed E-state index contributed by atoms with van der Waals surface area (Å²) in [6, 6.07) is 4.88. The zero-order chi connectivity index (χ0) is 24.4. The number of likely N-dealkylation sites (N-methyl/N-ethyl adjacent to an activating group) is 1. The molecule has 184 valence electrons. The fourth-order valence-corrected chi connectivity index (χ4v) is 5.41. The van der Waals surface area contributed by atoms with Gasteiger partial charge in [0.2, 0.25) is 5.95 Å². The minimum atomic E-state index is -4.37. The molecule has 2 aromatic heterocycles. The molecule has 3 rings (SSSR count). The highest BCUT2D eigenvalue weighted by Gasteiger charge is 2.31. The average Bonchev–Trinajstić information content (AvgIpc) is 3.09. The highest BCUT2D eigenvalue weighted by molar-refractivity contribution is 8.03. The van der Waals surface area contributed by atoms with Gasteiger partial charge in [0.05, 0.1) is 11.3 Å². The van der Waals surface area contributed by atoms with Crippen molar-refractivity contribution in [2.45, 2.75) is 42.5 Å². The first kappa shape index (κ1) is 27.9. The Kier molecular flexibility index (Phi) is 8.95. The number of halogens is 4. The van der Waals surface area contributed by atoms with Crippen LogP contribution < -0.4 is 4.90 Å². The third-order valence-electron chi connectivity index (χ3n) is 4.93. The van der Waals surface area contributed by atoms with Crippen molar-refractivity contribution in [2.24, 2.45) is 0 Å². The minimum absolute atomic E-state index is 0. The van der Waals surface area contributed by atoms with E-state index in [1.807, 2.05) is 18.9 Å². The third kappa shape index (κ3) is 6.83. The van der Waals surface area contributed by atoms with Crippen LogP contribution in [0, 0.1) is 6.92 Å². The largest absolute Gasteiger partial charge is 0.480 e. The first-order valence-corrected chi connectivity index (χ1v) is 11.6. The number of nitrogens with zero attached hydrogens (tertiary/aromatic N) is 4. The smallest absolute Gasteiger partial charge is 0.416 e. The van der Waals surface area contributed by atoms with Crippen LogP contribution >= 0.6 is 35.5 Å². The van der Waals surface area contributed by atoms with Crippen LogP contribution in [0.5, 0.6) is 0 Å². The number of benzene rings is 1. The number of carboxylic acid groups (broad SMARTS) is 1. The Morgan fingerprint density at radius 2 is 1.71 bits per heavy atom. The molecule has 0 fully saturated rings. The van der Waals surface area contributed by atoms with E-state index in [2.05, 4.69) is 15.0 Å². The molecule has 1 aromatic carbocycles. The monoisotopic (exact) mass is 532 g/mol. The summed E-state index contributed by atoms with van der Waals surface area (Å²) < 4.78 is 38.0. The molecule has 1 N–H and O–H groups in total. The molecule has 0 aliphatic heterocycles. The van der Waals surface area contributed by atoms with Gasteiger partial charge in [0.25, 0.3) is 0 Å². The number of thiazole rings is 1.